The summed E-state index contributed by atoms with van der Waals surface area (Å²) in [5.41, 5.74) is -0.562. The van der Waals surface area contributed by atoms with Gasteiger partial charge in [0.2, 0.25) is 5.91 Å². The van der Waals surface area contributed by atoms with Crippen molar-refractivity contribution in [3.05, 3.63) is 0 Å². The Morgan fingerprint density at radius 2 is 2.05 bits per heavy atom. The van der Waals surface area contributed by atoms with Crippen LogP contribution in [0.4, 0.5) is 4.79 Å². The number of carboxylic acid groups (broad SMARTS) is 1. The van der Waals surface area contributed by atoms with Crippen molar-refractivity contribution in [1.82, 2.24) is 15.5 Å². The quantitative estimate of drug-likeness (QED) is 0.684. The number of nitrogens with zero attached hydrogens (tertiary/aromatic N) is 1. The Hall–Kier alpha value is -1.79. The summed E-state index contributed by atoms with van der Waals surface area (Å²) in [6.45, 7) is 2.72. The zero-order valence-corrected chi connectivity index (χ0v) is 12.5. The van der Waals surface area contributed by atoms with E-state index in [1.807, 2.05) is 6.92 Å². The van der Waals surface area contributed by atoms with Crippen molar-refractivity contribution < 1.29 is 19.5 Å². The number of urea groups is 1. The van der Waals surface area contributed by atoms with Crippen LogP contribution < -0.4 is 10.6 Å². The molecule has 21 heavy (non-hydrogen) atoms. The summed E-state index contributed by atoms with van der Waals surface area (Å²) in [4.78, 5) is 36.6. The van der Waals surface area contributed by atoms with E-state index in [9.17, 15) is 14.4 Å². The molecule has 2 rings (SSSR count). The summed E-state index contributed by atoms with van der Waals surface area (Å²) in [5, 5.41) is 14.4. The maximum absolute atomic E-state index is 12.3. The number of carboxylic acids is 1. The molecule has 2 fully saturated rings. The first-order valence-corrected chi connectivity index (χ1v) is 7.35. The third-order valence-electron chi connectivity index (χ3n) is 4.43. The highest BCUT2D eigenvalue weighted by Gasteiger charge is 2.42. The fraction of sp³-hybridized carbons (Fsp3) is 0.786. The number of aliphatic carboxylic acids is 1. The Labute approximate surface area is 124 Å². The lowest BCUT2D eigenvalue weighted by Crippen LogP contribution is -2.47. The van der Waals surface area contributed by atoms with Crippen LogP contribution in [0, 0.1) is 11.3 Å². The van der Waals surface area contributed by atoms with Crippen molar-refractivity contribution in [2.24, 2.45) is 11.3 Å². The van der Waals surface area contributed by atoms with E-state index in [-0.39, 0.29) is 30.3 Å². The highest BCUT2D eigenvalue weighted by Crippen LogP contribution is 2.35. The minimum Gasteiger partial charge on any atom is -0.481 e. The molecular weight excluding hydrogens is 274 g/mol. The molecule has 1 heterocycles. The van der Waals surface area contributed by atoms with Gasteiger partial charge in [0.05, 0.1) is 11.8 Å². The van der Waals surface area contributed by atoms with Crippen molar-refractivity contribution >= 4 is 17.9 Å². The Balaban J connectivity index is 1.91. The Morgan fingerprint density at radius 1 is 1.38 bits per heavy atom. The molecule has 0 aromatic heterocycles. The standard InChI is InChI=1S/C14H23N3O4/c1-14(12(20)15-2)5-6-17(8-14)13(21)16-10(7-11(18)19)9-3-4-9/h9-10H,3-8H2,1-2H3,(H,15,20)(H,16,21)(H,18,19). The van der Waals surface area contributed by atoms with Crippen LogP contribution in [0.1, 0.15) is 32.6 Å². The van der Waals surface area contributed by atoms with Gasteiger partial charge in [0.25, 0.3) is 0 Å². The molecule has 2 aliphatic rings. The molecule has 7 nitrogen and oxygen atoms in total. The van der Waals surface area contributed by atoms with Gasteiger partial charge >= 0.3 is 12.0 Å². The minimum atomic E-state index is -0.899. The van der Waals surface area contributed by atoms with E-state index in [0.29, 0.717) is 19.5 Å². The lowest BCUT2D eigenvalue weighted by Gasteiger charge is -2.25. The van der Waals surface area contributed by atoms with E-state index in [1.165, 1.54) is 0 Å². The first-order chi connectivity index (χ1) is 9.85. The molecule has 1 saturated heterocycles. The first-order valence-electron chi connectivity index (χ1n) is 7.35. The molecule has 1 aliphatic heterocycles. The third kappa shape index (κ3) is 3.65. The second-order valence-electron chi connectivity index (χ2n) is 6.30. The van der Waals surface area contributed by atoms with Crippen LogP contribution in [0.15, 0.2) is 0 Å². The van der Waals surface area contributed by atoms with Gasteiger partial charge in [-0.2, -0.15) is 0 Å². The third-order valence-corrected chi connectivity index (χ3v) is 4.43. The molecule has 118 valence electrons. The smallest absolute Gasteiger partial charge is 0.317 e. The minimum absolute atomic E-state index is 0.0447. The van der Waals surface area contributed by atoms with Gasteiger partial charge in [-0.15, -0.1) is 0 Å². The van der Waals surface area contributed by atoms with Gasteiger partial charge in [-0.3, -0.25) is 9.59 Å². The summed E-state index contributed by atoms with van der Waals surface area (Å²) in [6.07, 6.45) is 2.51. The number of hydrogen-bond acceptors (Lipinski definition) is 3. The Morgan fingerprint density at radius 3 is 2.57 bits per heavy atom. The summed E-state index contributed by atoms with van der Waals surface area (Å²) in [7, 11) is 1.59. The van der Waals surface area contributed by atoms with Crippen LogP contribution >= 0.6 is 0 Å². The van der Waals surface area contributed by atoms with E-state index < -0.39 is 11.4 Å². The maximum atomic E-state index is 12.3. The molecule has 0 aromatic rings. The molecule has 0 aromatic carbocycles. The summed E-state index contributed by atoms with van der Waals surface area (Å²) in [6, 6.07) is -0.567. The van der Waals surface area contributed by atoms with Crippen molar-refractivity contribution in [3.63, 3.8) is 0 Å². The molecule has 2 unspecified atom stereocenters. The molecule has 1 saturated carbocycles. The predicted molar refractivity (Wildman–Crippen MR) is 75.7 cm³/mol. The molecule has 7 heteroatoms. The molecular formula is C14H23N3O4. The van der Waals surface area contributed by atoms with Gasteiger partial charge in [0.15, 0.2) is 0 Å². The average Bonchev–Trinajstić information content (AvgIpc) is 3.19. The number of carbonyl (C=O) groups excluding carboxylic acids is 2. The van der Waals surface area contributed by atoms with Crippen LogP contribution in [-0.2, 0) is 9.59 Å². The van der Waals surface area contributed by atoms with Crippen molar-refractivity contribution in [2.45, 2.75) is 38.6 Å². The second kappa shape index (κ2) is 5.91. The zero-order chi connectivity index (χ0) is 15.6. The van der Waals surface area contributed by atoms with Gasteiger partial charge in [-0.05, 0) is 32.1 Å². The summed E-state index contributed by atoms with van der Waals surface area (Å²) >= 11 is 0. The topological polar surface area (TPSA) is 98.7 Å². The number of nitrogens with one attached hydrogen (secondary N) is 2. The van der Waals surface area contributed by atoms with Crippen LogP contribution in [0.25, 0.3) is 0 Å². The SMILES string of the molecule is CNC(=O)C1(C)CCN(C(=O)NC(CC(=O)O)C2CC2)C1. The van der Waals surface area contributed by atoms with Gasteiger partial charge in [-0.1, -0.05) is 0 Å². The monoisotopic (exact) mass is 297 g/mol. The van der Waals surface area contributed by atoms with E-state index in [2.05, 4.69) is 10.6 Å². The summed E-state index contributed by atoms with van der Waals surface area (Å²) < 4.78 is 0. The Kier molecular flexibility index (Phi) is 4.39. The number of hydrogen-bond donors (Lipinski definition) is 3. The van der Waals surface area contributed by atoms with Gasteiger partial charge < -0.3 is 20.6 Å². The molecule has 2 atom stereocenters. The lowest BCUT2D eigenvalue weighted by molar-refractivity contribution is -0.137. The van der Waals surface area contributed by atoms with Crippen LogP contribution in [0.5, 0.6) is 0 Å². The maximum Gasteiger partial charge on any atom is 0.317 e. The molecule has 3 amide bonds. The van der Waals surface area contributed by atoms with Gasteiger partial charge in [0.1, 0.15) is 0 Å². The fourth-order valence-electron chi connectivity index (χ4n) is 2.89. The molecule has 0 bridgehead atoms. The molecule has 3 N–H and O–H groups in total. The van der Waals surface area contributed by atoms with E-state index >= 15 is 0 Å². The lowest BCUT2D eigenvalue weighted by atomic mass is 9.89. The highest BCUT2D eigenvalue weighted by molar-refractivity contribution is 5.84. The predicted octanol–water partition coefficient (Wildman–Crippen LogP) is 0.407. The normalized spacial score (nSPS) is 26.3. The van der Waals surface area contributed by atoms with Crippen LogP contribution in [-0.4, -0.2) is 54.1 Å². The molecule has 0 spiro atoms. The number of rotatable bonds is 5. The van der Waals surface area contributed by atoms with Crippen LogP contribution in [0.2, 0.25) is 0 Å². The average molecular weight is 297 g/mol. The molecule has 0 radical (unpaired) electrons. The molecule has 1 aliphatic carbocycles. The largest absolute Gasteiger partial charge is 0.481 e. The van der Waals surface area contributed by atoms with Crippen molar-refractivity contribution in [1.29, 1.82) is 0 Å². The first kappa shape index (κ1) is 15.6. The zero-order valence-electron chi connectivity index (χ0n) is 12.5. The summed E-state index contributed by atoms with van der Waals surface area (Å²) in [5.74, 6) is -0.691. The second-order valence-corrected chi connectivity index (χ2v) is 6.30. The van der Waals surface area contributed by atoms with Crippen molar-refractivity contribution in [3.8, 4) is 0 Å². The van der Waals surface area contributed by atoms with E-state index in [0.717, 1.165) is 12.8 Å². The van der Waals surface area contributed by atoms with Gasteiger partial charge in [-0.25, -0.2) is 4.79 Å². The van der Waals surface area contributed by atoms with Crippen molar-refractivity contribution in [2.75, 3.05) is 20.1 Å². The fourth-order valence-corrected chi connectivity index (χ4v) is 2.89. The van der Waals surface area contributed by atoms with Gasteiger partial charge in [0, 0.05) is 26.2 Å². The van der Waals surface area contributed by atoms with E-state index in [4.69, 9.17) is 5.11 Å². The Bertz CT molecular complexity index is 450. The highest BCUT2D eigenvalue weighted by atomic mass is 16.4. The van der Waals surface area contributed by atoms with E-state index in [1.54, 1.807) is 11.9 Å². The number of amides is 3. The number of carbonyl (C=O) groups is 3. The number of likely N-dealkylation sites (tertiary alicyclic amines) is 1. The van der Waals surface area contributed by atoms with Crippen LogP contribution in [0.3, 0.4) is 0 Å².